The lowest BCUT2D eigenvalue weighted by Crippen LogP contribution is -2.40. The van der Waals surface area contributed by atoms with E-state index >= 15 is 0 Å². The summed E-state index contributed by atoms with van der Waals surface area (Å²) in [5, 5.41) is 3.10. The lowest BCUT2D eigenvalue weighted by Gasteiger charge is -2.31. The zero-order valence-electron chi connectivity index (χ0n) is 16.7. The molecule has 0 atom stereocenters. The van der Waals surface area contributed by atoms with Crippen molar-refractivity contribution in [3.8, 4) is 22.5 Å². The molecule has 0 unspecified atom stereocenters. The monoisotopic (exact) mass is 386 g/mol. The van der Waals surface area contributed by atoms with Crippen molar-refractivity contribution in [3.63, 3.8) is 0 Å². The summed E-state index contributed by atoms with van der Waals surface area (Å²) in [4.78, 5) is 23.6. The van der Waals surface area contributed by atoms with E-state index in [4.69, 9.17) is 0 Å². The van der Waals surface area contributed by atoms with Crippen LogP contribution in [0.1, 0.15) is 32.1 Å². The number of aromatic nitrogens is 2. The minimum Gasteiger partial charge on any atom is -0.325 e. The summed E-state index contributed by atoms with van der Waals surface area (Å²) in [6.07, 6.45) is 9.45. The Hall–Kier alpha value is -3.21. The van der Waals surface area contributed by atoms with E-state index in [9.17, 15) is 4.79 Å². The molecule has 0 bridgehead atoms. The van der Waals surface area contributed by atoms with Gasteiger partial charge < -0.3 is 10.2 Å². The lowest BCUT2D eigenvalue weighted by molar-refractivity contribution is 0.186. The van der Waals surface area contributed by atoms with Gasteiger partial charge in [-0.15, -0.1) is 0 Å². The molecular weight excluding hydrogens is 360 g/mol. The third-order valence-corrected chi connectivity index (χ3v) is 5.61. The zero-order chi connectivity index (χ0) is 20.1. The summed E-state index contributed by atoms with van der Waals surface area (Å²) in [7, 11) is 1.90. The second kappa shape index (κ2) is 8.86. The van der Waals surface area contributed by atoms with Gasteiger partial charge in [-0.25, -0.2) is 4.79 Å². The molecule has 2 aromatic heterocycles. The van der Waals surface area contributed by atoms with Crippen LogP contribution in [0.5, 0.6) is 0 Å². The van der Waals surface area contributed by atoms with Crippen molar-refractivity contribution in [3.05, 3.63) is 67.0 Å². The van der Waals surface area contributed by atoms with Gasteiger partial charge in [0.1, 0.15) is 0 Å². The van der Waals surface area contributed by atoms with E-state index in [-0.39, 0.29) is 6.03 Å². The topological polar surface area (TPSA) is 58.1 Å². The number of amides is 2. The van der Waals surface area contributed by atoms with Crippen molar-refractivity contribution >= 4 is 11.7 Å². The lowest BCUT2D eigenvalue weighted by atomic mass is 9.95. The fourth-order valence-corrected chi connectivity index (χ4v) is 3.90. The number of rotatable bonds is 4. The molecule has 1 fully saturated rings. The Morgan fingerprint density at radius 2 is 1.69 bits per heavy atom. The quantitative estimate of drug-likeness (QED) is 0.634. The van der Waals surface area contributed by atoms with E-state index in [1.54, 1.807) is 6.20 Å². The molecule has 1 aromatic carbocycles. The Labute approximate surface area is 171 Å². The van der Waals surface area contributed by atoms with Crippen molar-refractivity contribution in [1.82, 2.24) is 14.9 Å². The van der Waals surface area contributed by atoms with Crippen molar-refractivity contribution < 1.29 is 4.79 Å². The smallest absolute Gasteiger partial charge is 0.321 e. The minimum atomic E-state index is -0.0533. The molecule has 1 aliphatic carbocycles. The molecule has 3 aromatic rings. The number of benzene rings is 1. The first-order valence-corrected chi connectivity index (χ1v) is 10.2. The van der Waals surface area contributed by atoms with Crippen molar-refractivity contribution in [1.29, 1.82) is 0 Å². The number of urea groups is 1. The number of pyridine rings is 2. The number of carbonyl (C=O) groups excluding carboxylic acids is 1. The number of anilines is 1. The third kappa shape index (κ3) is 4.45. The summed E-state index contributed by atoms with van der Waals surface area (Å²) in [6, 6.07) is 17.9. The molecular formula is C24H26N4O. The first-order chi connectivity index (χ1) is 14.2. The molecule has 2 heterocycles. The van der Waals surface area contributed by atoms with Crippen LogP contribution in [0, 0.1) is 0 Å². The van der Waals surface area contributed by atoms with Crippen LogP contribution >= 0.6 is 0 Å². The molecule has 1 saturated carbocycles. The van der Waals surface area contributed by atoms with Gasteiger partial charge in [-0.05, 0) is 37.1 Å². The molecule has 0 aliphatic heterocycles. The van der Waals surface area contributed by atoms with Gasteiger partial charge in [0, 0.05) is 36.6 Å². The van der Waals surface area contributed by atoms with Crippen LogP contribution in [0.4, 0.5) is 10.5 Å². The van der Waals surface area contributed by atoms with E-state index in [0.717, 1.165) is 41.0 Å². The molecule has 0 radical (unpaired) electrons. The predicted octanol–water partition coefficient (Wildman–Crippen LogP) is 5.61. The largest absolute Gasteiger partial charge is 0.325 e. The Balaban J connectivity index is 1.53. The summed E-state index contributed by atoms with van der Waals surface area (Å²) in [5.41, 5.74) is 4.38. The zero-order valence-corrected chi connectivity index (χ0v) is 16.7. The molecule has 1 aliphatic rings. The van der Waals surface area contributed by atoms with E-state index in [1.807, 2.05) is 72.7 Å². The van der Waals surface area contributed by atoms with Crippen molar-refractivity contribution in [2.75, 3.05) is 12.4 Å². The number of carbonyl (C=O) groups is 1. The first kappa shape index (κ1) is 19.1. The molecule has 2 amide bonds. The summed E-state index contributed by atoms with van der Waals surface area (Å²) in [5.74, 6) is 0. The summed E-state index contributed by atoms with van der Waals surface area (Å²) >= 11 is 0. The van der Waals surface area contributed by atoms with E-state index < -0.39 is 0 Å². The summed E-state index contributed by atoms with van der Waals surface area (Å²) < 4.78 is 0. The maximum atomic E-state index is 12.8. The summed E-state index contributed by atoms with van der Waals surface area (Å²) in [6.45, 7) is 0. The Bertz CT molecular complexity index is 950. The fourth-order valence-electron chi connectivity index (χ4n) is 3.90. The molecule has 0 spiro atoms. The maximum Gasteiger partial charge on any atom is 0.321 e. The highest BCUT2D eigenvalue weighted by molar-refractivity contribution is 5.94. The van der Waals surface area contributed by atoms with Crippen LogP contribution in [0.15, 0.2) is 67.0 Å². The van der Waals surface area contributed by atoms with Gasteiger partial charge in [0.25, 0.3) is 0 Å². The van der Waals surface area contributed by atoms with Crippen LogP contribution in [-0.2, 0) is 0 Å². The highest BCUT2D eigenvalue weighted by Gasteiger charge is 2.22. The molecule has 148 valence electrons. The van der Waals surface area contributed by atoms with Crippen LogP contribution in [0.2, 0.25) is 0 Å². The predicted molar refractivity (Wildman–Crippen MR) is 117 cm³/mol. The van der Waals surface area contributed by atoms with Gasteiger partial charge in [-0.1, -0.05) is 49.6 Å². The average Bonchev–Trinajstić information content (AvgIpc) is 2.80. The van der Waals surface area contributed by atoms with Crippen LogP contribution in [0.3, 0.4) is 0 Å². The standard InChI is InChI=1S/C24H26N4O/c1-28(19-9-3-2-4-10-19)24(29)27-21-12-6-5-11-20(21)18-14-15-23(26-17-18)22-13-7-8-16-25-22/h5-8,11-17,19H,2-4,9-10H2,1H3,(H,27,29). The van der Waals surface area contributed by atoms with Gasteiger partial charge in [0.2, 0.25) is 0 Å². The highest BCUT2D eigenvalue weighted by Crippen LogP contribution is 2.29. The van der Waals surface area contributed by atoms with Crippen molar-refractivity contribution in [2.24, 2.45) is 0 Å². The molecule has 29 heavy (non-hydrogen) atoms. The number of para-hydroxylation sites is 1. The van der Waals surface area contributed by atoms with Crippen LogP contribution < -0.4 is 5.32 Å². The Kier molecular flexibility index (Phi) is 5.84. The number of nitrogens with one attached hydrogen (secondary N) is 1. The van der Waals surface area contributed by atoms with E-state index in [0.29, 0.717) is 6.04 Å². The van der Waals surface area contributed by atoms with E-state index in [2.05, 4.69) is 15.3 Å². The normalized spacial score (nSPS) is 14.4. The maximum absolute atomic E-state index is 12.8. The molecule has 1 N–H and O–H groups in total. The van der Waals surface area contributed by atoms with Gasteiger partial charge in [-0.3, -0.25) is 9.97 Å². The van der Waals surface area contributed by atoms with Gasteiger partial charge in [0.05, 0.1) is 17.1 Å². The molecule has 5 heteroatoms. The van der Waals surface area contributed by atoms with Crippen LogP contribution in [0.25, 0.3) is 22.5 Å². The third-order valence-electron chi connectivity index (χ3n) is 5.61. The van der Waals surface area contributed by atoms with E-state index in [1.165, 1.54) is 19.3 Å². The SMILES string of the molecule is CN(C(=O)Nc1ccccc1-c1ccc(-c2ccccn2)nc1)C1CCCCC1. The Morgan fingerprint density at radius 3 is 2.41 bits per heavy atom. The van der Waals surface area contributed by atoms with Gasteiger partial charge >= 0.3 is 6.03 Å². The Morgan fingerprint density at radius 1 is 0.931 bits per heavy atom. The minimum absolute atomic E-state index is 0.0533. The number of nitrogens with zero attached hydrogens (tertiary/aromatic N) is 3. The number of hydrogen-bond donors (Lipinski definition) is 1. The van der Waals surface area contributed by atoms with Gasteiger partial charge in [0.15, 0.2) is 0 Å². The van der Waals surface area contributed by atoms with Crippen molar-refractivity contribution in [2.45, 2.75) is 38.1 Å². The van der Waals surface area contributed by atoms with Gasteiger partial charge in [-0.2, -0.15) is 0 Å². The van der Waals surface area contributed by atoms with Crippen LogP contribution in [-0.4, -0.2) is 34.0 Å². The molecule has 4 rings (SSSR count). The average molecular weight is 386 g/mol. The molecule has 0 saturated heterocycles. The first-order valence-electron chi connectivity index (χ1n) is 10.2. The number of hydrogen-bond acceptors (Lipinski definition) is 3. The highest BCUT2D eigenvalue weighted by atomic mass is 16.2. The second-order valence-electron chi connectivity index (χ2n) is 7.53. The second-order valence-corrected chi connectivity index (χ2v) is 7.53. The fraction of sp³-hybridized carbons (Fsp3) is 0.292. The molecule has 5 nitrogen and oxygen atoms in total.